The fraction of sp³-hybridized carbons (Fsp3) is 0.417. The van der Waals surface area contributed by atoms with Crippen molar-refractivity contribution in [2.24, 2.45) is 5.73 Å². The maximum atomic E-state index is 10.9. The molecular formula is C12H17NO4. The van der Waals surface area contributed by atoms with Crippen LogP contribution in [0.25, 0.3) is 0 Å². The second kappa shape index (κ2) is 5.05. The molecule has 17 heavy (non-hydrogen) atoms. The zero-order chi connectivity index (χ0) is 13.2. The predicted molar refractivity (Wildman–Crippen MR) is 63.6 cm³/mol. The maximum Gasteiger partial charge on any atom is 0.325 e. The molecule has 0 saturated heterocycles. The van der Waals surface area contributed by atoms with E-state index in [4.69, 9.17) is 20.3 Å². The molecule has 5 nitrogen and oxygen atoms in total. The number of hydrogen-bond acceptors (Lipinski definition) is 4. The molecule has 0 bridgehead atoms. The van der Waals surface area contributed by atoms with Gasteiger partial charge in [-0.25, -0.2) is 0 Å². The number of carboxylic acid groups (broad SMARTS) is 1. The third-order valence-corrected chi connectivity index (χ3v) is 2.78. The number of carbonyl (C=O) groups is 1. The Morgan fingerprint density at radius 2 is 1.82 bits per heavy atom. The van der Waals surface area contributed by atoms with E-state index in [0.717, 1.165) is 11.1 Å². The van der Waals surface area contributed by atoms with Crippen LogP contribution in [0.5, 0.6) is 11.5 Å². The van der Waals surface area contributed by atoms with Crippen LogP contribution in [0.3, 0.4) is 0 Å². The van der Waals surface area contributed by atoms with Gasteiger partial charge in [-0.2, -0.15) is 0 Å². The van der Waals surface area contributed by atoms with E-state index in [9.17, 15) is 4.79 Å². The van der Waals surface area contributed by atoms with Crippen molar-refractivity contribution in [2.75, 3.05) is 14.2 Å². The van der Waals surface area contributed by atoms with Crippen molar-refractivity contribution in [3.63, 3.8) is 0 Å². The molecule has 1 aromatic carbocycles. The molecule has 0 amide bonds. The number of hydrogen-bond donors (Lipinski definition) is 2. The van der Waals surface area contributed by atoms with Gasteiger partial charge in [0, 0.05) is 5.56 Å². The van der Waals surface area contributed by atoms with Gasteiger partial charge in [-0.05, 0) is 31.0 Å². The summed E-state index contributed by atoms with van der Waals surface area (Å²) in [4.78, 5) is 10.9. The van der Waals surface area contributed by atoms with Crippen molar-refractivity contribution in [1.29, 1.82) is 0 Å². The standard InChI is InChI=1S/C12H17NO4/c1-6-5-8(9(13)12(14)15)11(17-4)10(16-3)7(6)2/h5,9H,13H2,1-4H3,(H,14,15). The number of aliphatic carboxylic acids is 1. The Kier molecular flexibility index (Phi) is 3.96. The highest BCUT2D eigenvalue weighted by molar-refractivity contribution is 5.77. The first kappa shape index (κ1) is 13.3. The Bertz CT molecular complexity index is 443. The number of carboxylic acids is 1. The third kappa shape index (κ3) is 2.34. The van der Waals surface area contributed by atoms with Crippen LogP contribution in [0.4, 0.5) is 0 Å². The first-order valence-electron chi connectivity index (χ1n) is 5.14. The zero-order valence-corrected chi connectivity index (χ0v) is 10.4. The zero-order valence-electron chi connectivity index (χ0n) is 10.4. The molecule has 0 saturated carbocycles. The fourth-order valence-electron chi connectivity index (χ4n) is 1.71. The van der Waals surface area contributed by atoms with Crippen LogP contribution in [0.15, 0.2) is 6.07 Å². The van der Waals surface area contributed by atoms with Gasteiger partial charge in [0.05, 0.1) is 14.2 Å². The highest BCUT2D eigenvalue weighted by Gasteiger charge is 2.23. The van der Waals surface area contributed by atoms with Crippen molar-refractivity contribution in [1.82, 2.24) is 0 Å². The van der Waals surface area contributed by atoms with Gasteiger partial charge in [0.15, 0.2) is 11.5 Å². The van der Waals surface area contributed by atoms with Crippen molar-refractivity contribution in [3.05, 3.63) is 22.8 Å². The molecule has 0 heterocycles. The van der Waals surface area contributed by atoms with Gasteiger partial charge in [0.25, 0.3) is 0 Å². The number of nitrogens with two attached hydrogens (primary N) is 1. The van der Waals surface area contributed by atoms with E-state index in [1.807, 2.05) is 13.8 Å². The SMILES string of the molecule is COc1c(C(N)C(=O)O)cc(C)c(C)c1OC. The molecule has 0 aromatic heterocycles. The predicted octanol–water partition coefficient (Wildman–Crippen LogP) is 1.41. The minimum absolute atomic E-state index is 0.380. The maximum absolute atomic E-state index is 10.9. The smallest absolute Gasteiger partial charge is 0.325 e. The summed E-state index contributed by atoms with van der Waals surface area (Å²) < 4.78 is 10.5. The molecule has 3 N–H and O–H groups in total. The molecule has 0 aliphatic heterocycles. The van der Waals surface area contributed by atoms with Crippen LogP contribution in [0.1, 0.15) is 22.7 Å². The summed E-state index contributed by atoms with van der Waals surface area (Å²) in [5, 5.41) is 8.96. The van der Waals surface area contributed by atoms with E-state index in [1.165, 1.54) is 14.2 Å². The molecule has 1 aromatic rings. The van der Waals surface area contributed by atoms with E-state index in [2.05, 4.69) is 0 Å². The molecule has 5 heteroatoms. The molecule has 0 aliphatic rings. The molecule has 94 valence electrons. The van der Waals surface area contributed by atoms with Gasteiger partial charge < -0.3 is 20.3 Å². The Labute approximate surface area is 100 Å². The summed E-state index contributed by atoms with van der Waals surface area (Å²) in [6, 6.07) is 0.591. The number of benzene rings is 1. The Morgan fingerprint density at radius 1 is 1.29 bits per heavy atom. The van der Waals surface area contributed by atoms with E-state index < -0.39 is 12.0 Å². The summed E-state index contributed by atoms with van der Waals surface area (Å²) in [5.74, 6) is -0.196. The quantitative estimate of drug-likeness (QED) is 0.830. The topological polar surface area (TPSA) is 81.8 Å². The Balaban J connectivity index is 3.49. The largest absolute Gasteiger partial charge is 0.493 e. The monoisotopic (exact) mass is 239 g/mol. The second-order valence-corrected chi connectivity index (χ2v) is 3.79. The number of ether oxygens (including phenoxy) is 2. The van der Waals surface area contributed by atoms with Crippen LogP contribution in [-0.4, -0.2) is 25.3 Å². The van der Waals surface area contributed by atoms with E-state index >= 15 is 0 Å². The molecule has 0 spiro atoms. The van der Waals surface area contributed by atoms with Gasteiger partial charge in [-0.15, -0.1) is 0 Å². The molecule has 0 fully saturated rings. The number of methoxy groups -OCH3 is 2. The molecule has 1 rings (SSSR count). The van der Waals surface area contributed by atoms with Crippen LogP contribution in [0.2, 0.25) is 0 Å². The number of aryl methyl sites for hydroxylation is 1. The first-order chi connectivity index (χ1) is 7.93. The lowest BCUT2D eigenvalue weighted by Crippen LogP contribution is -2.22. The van der Waals surface area contributed by atoms with Crippen LogP contribution in [-0.2, 0) is 4.79 Å². The summed E-state index contributed by atoms with van der Waals surface area (Å²) in [5.41, 5.74) is 7.86. The molecule has 0 radical (unpaired) electrons. The highest BCUT2D eigenvalue weighted by atomic mass is 16.5. The third-order valence-electron chi connectivity index (χ3n) is 2.78. The summed E-state index contributed by atoms with van der Waals surface area (Å²) in [7, 11) is 2.98. The average Bonchev–Trinajstić information content (AvgIpc) is 2.30. The van der Waals surface area contributed by atoms with Crippen molar-refractivity contribution >= 4 is 5.97 Å². The van der Waals surface area contributed by atoms with Crippen LogP contribution < -0.4 is 15.2 Å². The van der Waals surface area contributed by atoms with Crippen molar-refractivity contribution in [2.45, 2.75) is 19.9 Å². The summed E-state index contributed by atoms with van der Waals surface area (Å²) >= 11 is 0. The molecular weight excluding hydrogens is 222 g/mol. The van der Waals surface area contributed by atoms with E-state index in [0.29, 0.717) is 17.1 Å². The summed E-state index contributed by atoms with van der Waals surface area (Å²) in [6.45, 7) is 3.75. The van der Waals surface area contributed by atoms with Gasteiger partial charge in [0.1, 0.15) is 6.04 Å². The Hall–Kier alpha value is -1.75. The number of rotatable bonds is 4. The first-order valence-corrected chi connectivity index (χ1v) is 5.14. The van der Waals surface area contributed by atoms with E-state index in [1.54, 1.807) is 6.07 Å². The van der Waals surface area contributed by atoms with Gasteiger partial charge in [-0.3, -0.25) is 4.79 Å². The highest BCUT2D eigenvalue weighted by Crippen LogP contribution is 2.38. The normalized spacial score (nSPS) is 12.1. The average molecular weight is 239 g/mol. The fourth-order valence-corrected chi connectivity index (χ4v) is 1.71. The lowest BCUT2D eigenvalue weighted by atomic mass is 9.99. The lowest BCUT2D eigenvalue weighted by molar-refractivity contribution is -0.138. The molecule has 1 unspecified atom stereocenters. The minimum Gasteiger partial charge on any atom is -0.493 e. The summed E-state index contributed by atoms with van der Waals surface area (Å²) in [6.07, 6.45) is 0. The molecule has 1 atom stereocenters. The van der Waals surface area contributed by atoms with Crippen molar-refractivity contribution < 1.29 is 19.4 Å². The van der Waals surface area contributed by atoms with Crippen LogP contribution in [0, 0.1) is 13.8 Å². The van der Waals surface area contributed by atoms with Gasteiger partial charge >= 0.3 is 5.97 Å². The van der Waals surface area contributed by atoms with Crippen molar-refractivity contribution in [3.8, 4) is 11.5 Å². The van der Waals surface area contributed by atoms with Gasteiger partial charge in [0.2, 0.25) is 0 Å². The van der Waals surface area contributed by atoms with Gasteiger partial charge in [-0.1, -0.05) is 0 Å². The van der Waals surface area contributed by atoms with E-state index in [-0.39, 0.29) is 0 Å². The molecule has 0 aliphatic carbocycles. The second-order valence-electron chi connectivity index (χ2n) is 3.79. The van der Waals surface area contributed by atoms with Crippen LogP contribution >= 0.6 is 0 Å². The minimum atomic E-state index is -1.13. The Morgan fingerprint density at radius 3 is 2.24 bits per heavy atom. The lowest BCUT2D eigenvalue weighted by Gasteiger charge is -2.18.